The first-order chi connectivity index (χ1) is 13.0. The fourth-order valence-corrected chi connectivity index (χ4v) is 4.66. The van der Waals surface area contributed by atoms with Crippen LogP contribution in [0.25, 0.3) is 0 Å². The van der Waals surface area contributed by atoms with E-state index in [-0.39, 0.29) is 4.90 Å². The Balaban J connectivity index is 1.65. The van der Waals surface area contributed by atoms with E-state index >= 15 is 0 Å². The van der Waals surface area contributed by atoms with Crippen molar-refractivity contribution in [2.24, 2.45) is 0 Å². The minimum atomic E-state index is -3.50. The molecule has 0 saturated carbocycles. The largest absolute Gasteiger partial charge is 0.356 e. The summed E-state index contributed by atoms with van der Waals surface area (Å²) in [6.45, 7) is 7.89. The molecule has 2 heterocycles. The van der Waals surface area contributed by atoms with Gasteiger partial charge in [-0.05, 0) is 50.2 Å². The van der Waals surface area contributed by atoms with Gasteiger partial charge >= 0.3 is 0 Å². The highest BCUT2D eigenvalue weighted by molar-refractivity contribution is 7.89. The van der Waals surface area contributed by atoms with E-state index in [2.05, 4.69) is 33.8 Å². The number of anilines is 2. The van der Waals surface area contributed by atoms with Crippen molar-refractivity contribution in [3.8, 4) is 0 Å². The Morgan fingerprint density at radius 3 is 2.11 bits per heavy atom. The monoisotopic (exact) mass is 409 g/mol. The summed E-state index contributed by atoms with van der Waals surface area (Å²) in [6, 6.07) is 10.2. The third kappa shape index (κ3) is 4.34. The van der Waals surface area contributed by atoms with Crippen LogP contribution in [0.3, 0.4) is 0 Å². The number of benzene rings is 1. The van der Waals surface area contributed by atoms with Crippen molar-refractivity contribution in [1.29, 1.82) is 0 Å². The maximum Gasteiger partial charge on any atom is 0.243 e. The van der Waals surface area contributed by atoms with Crippen LogP contribution in [0.2, 0.25) is 5.02 Å². The lowest BCUT2D eigenvalue weighted by Gasteiger charge is -2.34. The lowest BCUT2D eigenvalue weighted by Crippen LogP contribution is -2.49. The van der Waals surface area contributed by atoms with Crippen LogP contribution in [0, 0.1) is 0 Å². The Morgan fingerprint density at radius 2 is 1.59 bits per heavy atom. The number of halogens is 1. The first-order valence-corrected chi connectivity index (χ1v) is 10.9. The molecule has 0 spiro atoms. The molecule has 27 heavy (non-hydrogen) atoms. The van der Waals surface area contributed by atoms with E-state index in [1.54, 1.807) is 24.3 Å². The predicted molar refractivity (Wildman–Crippen MR) is 108 cm³/mol. The van der Waals surface area contributed by atoms with Crippen LogP contribution in [0.1, 0.15) is 13.8 Å². The Kier molecular flexibility index (Phi) is 6.18. The first kappa shape index (κ1) is 19.9. The molecule has 1 saturated heterocycles. The van der Waals surface area contributed by atoms with Crippen molar-refractivity contribution in [3.05, 3.63) is 41.4 Å². The molecule has 0 radical (unpaired) electrons. The third-order valence-corrected chi connectivity index (χ3v) is 6.90. The Bertz CT molecular complexity index is 846. The van der Waals surface area contributed by atoms with Gasteiger partial charge in [-0.25, -0.2) is 8.42 Å². The molecule has 1 fully saturated rings. The minimum absolute atomic E-state index is 0.267. The molecule has 0 atom stereocenters. The molecule has 0 aliphatic carbocycles. The molecule has 7 nitrogen and oxygen atoms in total. The SMILES string of the molecule is CCN(CC)c1ccc(N2CCN(S(=O)(=O)c3ccc(Cl)cc3)CC2)nn1. The van der Waals surface area contributed by atoms with Gasteiger partial charge in [0.25, 0.3) is 0 Å². The van der Waals surface area contributed by atoms with Crippen LogP contribution in [-0.2, 0) is 10.0 Å². The molecule has 0 unspecified atom stereocenters. The summed E-state index contributed by atoms with van der Waals surface area (Å²) in [5, 5.41) is 9.15. The zero-order valence-electron chi connectivity index (χ0n) is 15.5. The Morgan fingerprint density at radius 1 is 0.963 bits per heavy atom. The van der Waals surface area contributed by atoms with Gasteiger partial charge in [0.15, 0.2) is 11.6 Å². The number of hydrogen-bond acceptors (Lipinski definition) is 6. The van der Waals surface area contributed by atoms with Gasteiger partial charge in [0.2, 0.25) is 10.0 Å². The normalized spacial score (nSPS) is 15.7. The van der Waals surface area contributed by atoms with Gasteiger partial charge in [-0.15, -0.1) is 10.2 Å². The summed E-state index contributed by atoms with van der Waals surface area (Å²) < 4.78 is 27.0. The minimum Gasteiger partial charge on any atom is -0.356 e. The summed E-state index contributed by atoms with van der Waals surface area (Å²) in [6.07, 6.45) is 0. The van der Waals surface area contributed by atoms with Crippen LogP contribution in [0.5, 0.6) is 0 Å². The second-order valence-electron chi connectivity index (χ2n) is 6.27. The van der Waals surface area contributed by atoms with E-state index in [1.807, 2.05) is 12.1 Å². The van der Waals surface area contributed by atoms with E-state index in [1.165, 1.54) is 4.31 Å². The maximum absolute atomic E-state index is 12.8. The van der Waals surface area contributed by atoms with Gasteiger partial charge in [-0.3, -0.25) is 0 Å². The van der Waals surface area contributed by atoms with Gasteiger partial charge in [0.1, 0.15) is 0 Å². The van der Waals surface area contributed by atoms with Crippen molar-refractivity contribution in [2.45, 2.75) is 18.7 Å². The van der Waals surface area contributed by atoms with Crippen molar-refractivity contribution in [2.75, 3.05) is 49.1 Å². The molecule has 1 aliphatic heterocycles. The lowest BCUT2D eigenvalue weighted by molar-refractivity contribution is 0.383. The van der Waals surface area contributed by atoms with Crippen LogP contribution in [0.15, 0.2) is 41.3 Å². The predicted octanol–water partition coefficient (Wildman–Crippen LogP) is 2.49. The van der Waals surface area contributed by atoms with Crippen LogP contribution in [-0.4, -0.2) is 62.2 Å². The van der Waals surface area contributed by atoms with Crippen LogP contribution >= 0.6 is 11.6 Å². The molecule has 3 rings (SSSR count). The van der Waals surface area contributed by atoms with Crippen molar-refractivity contribution in [3.63, 3.8) is 0 Å². The average molecular weight is 410 g/mol. The van der Waals surface area contributed by atoms with E-state index < -0.39 is 10.0 Å². The van der Waals surface area contributed by atoms with E-state index in [0.717, 1.165) is 24.7 Å². The zero-order valence-corrected chi connectivity index (χ0v) is 17.1. The van der Waals surface area contributed by atoms with E-state index in [4.69, 9.17) is 11.6 Å². The molecule has 1 aromatic heterocycles. The average Bonchev–Trinajstić information content (AvgIpc) is 2.70. The zero-order chi connectivity index (χ0) is 19.4. The second kappa shape index (κ2) is 8.41. The Labute approximate surface area is 165 Å². The number of nitrogens with zero attached hydrogens (tertiary/aromatic N) is 5. The van der Waals surface area contributed by atoms with Crippen molar-refractivity contribution in [1.82, 2.24) is 14.5 Å². The number of aromatic nitrogens is 2. The number of hydrogen-bond donors (Lipinski definition) is 0. The second-order valence-corrected chi connectivity index (χ2v) is 8.64. The van der Waals surface area contributed by atoms with Gasteiger partial charge in [-0.1, -0.05) is 11.6 Å². The highest BCUT2D eigenvalue weighted by atomic mass is 35.5. The van der Waals surface area contributed by atoms with Gasteiger partial charge in [0, 0.05) is 44.3 Å². The lowest BCUT2D eigenvalue weighted by atomic mass is 10.3. The molecule has 146 valence electrons. The van der Waals surface area contributed by atoms with Crippen LogP contribution in [0.4, 0.5) is 11.6 Å². The molecule has 1 aliphatic rings. The quantitative estimate of drug-likeness (QED) is 0.730. The van der Waals surface area contributed by atoms with Gasteiger partial charge < -0.3 is 9.80 Å². The van der Waals surface area contributed by atoms with E-state index in [9.17, 15) is 8.42 Å². The summed E-state index contributed by atoms with van der Waals surface area (Å²) in [5.41, 5.74) is 0. The highest BCUT2D eigenvalue weighted by Crippen LogP contribution is 2.22. The fraction of sp³-hybridized carbons (Fsp3) is 0.444. The number of piperazine rings is 1. The summed E-state index contributed by atoms with van der Waals surface area (Å²) in [4.78, 5) is 4.46. The van der Waals surface area contributed by atoms with Gasteiger partial charge in [-0.2, -0.15) is 4.31 Å². The maximum atomic E-state index is 12.8. The molecule has 0 amide bonds. The number of rotatable bonds is 6. The molecule has 9 heteroatoms. The smallest absolute Gasteiger partial charge is 0.243 e. The van der Waals surface area contributed by atoms with Crippen molar-refractivity contribution < 1.29 is 8.42 Å². The van der Waals surface area contributed by atoms with Crippen molar-refractivity contribution >= 4 is 33.3 Å². The topological polar surface area (TPSA) is 69.6 Å². The molecule has 0 N–H and O–H groups in total. The van der Waals surface area contributed by atoms with E-state index in [0.29, 0.717) is 31.2 Å². The summed E-state index contributed by atoms with van der Waals surface area (Å²) in [7, 11) is -3.50. The standard InChI is InChI=1S/C18H24ClN5O2S/c1-3-22(4-2)17-9-10-18(21-20-17)23-11-13-24(14-12-23)27(25,26)16-7-5-15(19)6-8-16/h5-10H,3-4,11-14H2,1-2H3. The molecule has 1 aromatic carbocycles. The summed E-state index contributed by atoms with van der Waals surface area (Å²) >= 11 is 5.85. The first-order valence-electron chi connectivity index (χ1n) is 9.05. The molecule has 0 bridgehead atoms. The summed E-state index contributed by atoms with van der Waals surface area (Å²) in [5.74, 6) is 1.63. The fourth-order valence-electron chi connectivity index (χ4n) is 3.12. The van der Waals surface area contributed by atoms with Gasteiger partial charge in [0.05, 0.1) is 4.90 Å². The molecule has 2 aromatic rings. The molecular formula is C18H24ClN5O2S. The van der Waals surface area contributed by atoms with Crippen LogP contribution < -0.4 is 9.80 Å². The Hall–Kier alpha value is -1.90. The number of sulfonamides is 1. The highest BCUT2D eigenvalue weighted by Gasteiger charge is 2.29. The third-order valence-electron chi connectivity index (χ3n) is 4.74. The molecular weight excluding hydrogens is 386 g/mol.